The first-order valence-corrected chi connectivity index (χ1v) is 16.8. The van der Waals surface area contributed by atoms with Crippen LogP contribution in [0.1, 0.15) is 47.2 Å². The van der Waals surface area contributed by atoms with E-state index in [0.717, 1.165) is 44.3 Å². The van der Waals surface area contributed by atoms with Gasteiger partial charge in [0.25, 0.3) is 0 Å². The molecule has 7 aromatic rings. The van der Waals surface area contributed by atoms with Crippen molar-refractivity contribution in [3.8, 4) is 45.9 Å². The van der Waals surface area contributed by atoms with Crippen LogP contribution in [0.3, 0.4) is 0 Å². The Morgan fingerprint density at radius 1 is 0.680 bits per heavy atom. The normalized spacial score (nSPS) is 11.2. The minimum absolute atomic E-state index is 0. The van der Waals surface area contributed by atoms with Gasteiger partial charge in [-0.15, -0.1) is 40.8 Å². The van der Waals surface area contributed by atoms with E-state index in [0.29, 0.717) is 42.2 Å². The molecule has 7 nitrogen and oxygen atoms in total. The van der Waals surface area contributed by atoms with Gasteiger partial charge in [0, 0.05) is 23.2 Å². The van der Waals surface area contributed by atoms with E-state index in [1.165, 1.54) is 27.8 Å². The number of ether oxygens (including phenoxy) is 3. The monoisotopic (exact) mass is 754 g/mol. The molecule has 0 saturated heterocycles. The number of pyridine rings is 1. The van der Waals surface area contributed by atoms with Crippen LogP contribution in [0, 0.1) is 53.7 Å². The number of hydrogen-bond donors (Lipinski definition) is 0. The van der Waals surface area contributed by atoms with Gasteiger partial charge < -0.3 is 18.8 Å². The van der Waals surface area contributed by atoms with Crippen LogP contribution in [-0.4, -0.2) is 32.5 Å². The van der Waals surface area contributed by atoms with E-state index >= 15 is 0 Å². The van der Waals surface area contributed by atoms with Gasteiger partial charge in [-0.05, 0) is 124 Å². The number of aromatic nitrogens is 4. The van der Waals surface area contributed by atoms with Crippen molar-refractivity contribution in [2.24, 2.45) is 0 Å². The Hall–Kier alpha value is -4.90. The van der Waals surface area contributed by atoms with E-state index in [9.17, 15) is 0 Å². The number of nitrogens with zero attached hydrogens (tertiary/aromatic N) is 4. The van der Waals surface area contributed by atoms with Crippen LogP contribution >= 0.6 is 0 Å². The fourth-order valence-electron chi connectivity index (χ4n) is 6.70. The molecule has 0 radical (unpaired) electrons. The predicted molar refractivity (Wildman–Crippen MR) is 196 cm³/mol. The molecule has 4 aromatic carbocycles. The van der Waals surface area contributed by atoms with Gasteiger partial charge in [-0.3, -0.25) is 0 Å². The first-order valence-electron chi connectivity index (χ1n) is 16.8. The molecule has 0 aliphatic heterocycles. The molecule has 0 bridgehead atoms. The fraction of sp³-hybridized carbons (Fsp3) is 0.238. The second-order valence-corrected chi connectivity index (χ2v) is 12.4. The SMILES string of the molecule is CCOc1nn(-c2[c-]c(Oc3[c-]c4c(cc3)c3ccccc3n4-c3cc(C)ccn3)ccc2)c(OCC)c1-c1c(C)c(C)c(C)c(C)c1C.[Pd+2]. The van der Waals surface area contributed by atoms with Crippen molar-refractivity contribution in [2.75, 3.05) is 13.2 Å². The van der Waals surface area contributed by atoms with Crippen LogP contribution in [0.4, 0.5) is 0 Å². The van der Waals surface area contributed by atoms with E-state index in [1.54, 1.807) is 4.68 Å². The molecule has 0 N–H and O–H groups in total. The molecule has 0 spiro atoms. The van der Waals surface area contributed by atoms with Crippen molar-refractivity contribution in [3.05, 3.63) is 118 Å². The maximum atomic E-state index is 6.45. The van der Waals surface area contributed by atoms with Crippen LogP contribution < -0.4 is 14.2 Å². The summed E-state index contributed by atoms with van der Waals surface area (Å²) in [6, 6.07) is 29.2. The number of benzene rings is 4. The minimum atomic E-state index is 0. The van der Waals surface area contributed by atoms with Gasteiger partial charge in [0.2, 0.25) is 11.8 Å². The molecule has 256 valence electrons. The quantitative estimate of drug-likeness (QED) is 0.109. The molecule has 3 aromatic heterocycles. The molecule has 0 aliphatic rings. The van der Waals surface area contributed by atoms with E-state index in [2.05, 4.69) is 88.6 Å². The molecule has 50 heavy (non-hydrogen) atoms. The fourth-order valence-corrected chi connectivity index (χ4v) is 6.70. The summed E-state index contributed by atoms with van der Waals surface area (Å²) in [4.78, 5) is 4.70. The van der Waals surface area contributed by atoms with Crippen molar-refractivity contribution in [3.63, 3.8) is 0 Å². The number of para-hydroxylation sites is 1. The Balaban J connectivity index is 0.00000432. The molecule has 0 atom stereocenters. The summed E-state index contributed by atoms with van der Waals surface area (Å²) in [5.41, 5.74) is 11.9. The second-order valence-electron chi connectivity index (χ2n) is 12.4. The number of aryl methyl sites for hydroxylation is 1. The Labute approximate surface area is 307 Å². The summed E-state index contributed by atoms with van der Waals surface area (Å²) < 4.78 is 22.9. The number of rotatable bonds is 9. The van der Waals surface area contributed by atoms with Crippen LogP contribution in [0.2, 0.25) is 0 Å². The van der Waals surface area contributed by atoms with Crippen LogP contribution in [-0.2, 0) is 20.4 Å². The van der Waals surface area contributed by atoms with Gasteiger partial charge in [0.05, 0.1) is 13.2 Å². The number of hydrogen-bond acceptors (Lipinski definition) is 5. The first kappa shape index (κ1) is 34.9. The predicted octanol–water partition coefficient (Wildman–Crippen LogP) is 10.1. The van der Waals surface area contributed by atoms with Crippen molar-refractivity contribution in [1.82, 2.24) is 19.3 Å². The number of fused-ring (bicyclic) bond motifs is 3. The summed E-state index contributed by atoms with van der Waals surface area (Å²) in [7, 11) is 0. The van der Waals surface area contributed by atoms with Crippen LogP contribution in [0.25, 0.3) is 44.4 Å². The Bertz CT molecular complexity index is 2340. The van der Waals surface area contributed by atoms with Crippen LogP contribution in [0.5, 0.6) is 23.3 Å². The zero-order chi connectivity index (χ0) is 34.4. The molecule has 0 saturated carbocycles. The first-order chi connectivity index (χ1) is 23.7. The molecular formula is C42H40N4O3Pd. The largest absolute Gasteiger partial charge is 2.00 e. The molecule has 0 aliphatic carbocycles. The third-order valence-corrected chi connectivity index (χ3v) is 9.51. The molecule has 8 heteroatoms. The summed E-state index contributed by atoms with van der Waals surface area (Å²) in [6.45, 7) is 17.8. The van der Waals surface area contributed by atoms with Gasteiger partial charge in [0.15, 0.2) is 0 Å². The summed E-state index contributed by atoms with van der Waals surface area (Å²) in [5, 5.41) is 7.16. The zero-order valence-electron chi connectivity index (χ0n) is 29.7. The average Bonchev–Trinajstić information content (AvgIpc) is 3.62. The molecule has 0 unspecified atom stereocenters. The molecule has 3 heterocycles. The Kier molecular flexibility index (Phi) is 9.89. The molecule has 7 rings (SSSR count). The zero-order valence-corrected chi connectivity index (χ0v) is 31.2. The third-order valence-electron chi connectivity index (χ3n) is 9.51. The summed E-state index contributed by atoms with van der Waals surface area (Å²) >= 11 is 0. The van der Waals surface area contributed by atoms with Crippen molar-refractivity contribution in [1.29, 1.82) is 0 Å². The van der Waals surface area contributed by atoms with Crippen molar-refractivity contribution >= 4 is 21.8 Å². The van der Waals surface area contributed by atoms with E-state index in [-0.39, 0.29) is 20.4 Å². The average molecular weight is 755 g/mol. The van der Waals surface area contributed by atoms with Gasteiger partial charge in [-0.25, -0.2) is 9.67 Å². The minimum Gasteiger partial charge on any atom is -0.509 e. The molecular weight excluding hydrogens is 715 g/mol. The third kappa shape index (κ3) is 5.97. The van der Waals surface area contributed by atoms with Crippen molar-refractivity contribution in [2.45, 2.75) is 55.4 Å². The summed E-state index contributed by atoms with van der Waals surface area (Å²) in [5.74, 6) is 3.06. The second kappa shape index (κ2) is 14.1. The maximum absolute atomic E-state index is 6.45. The van der Waals surface area contributed by atoms with Gasteiger partial charge in [-0.2, -0.15) is 12.1 Å². The summed E-state index contributed by atoms with van der Waals surface area (Å²) in [6.07, 6.45) is 1.84. The Morgan fingerprint density at radius 2 is 1.38 bits per heavy atom. The van der Waals surface area contributed by atoms with E-state index < -0.39 is 0 Å². The van der Waals surface area contributed by atoms with Gasteiger partial charge in [0.1, 0.15) is 11.4 Å². The topological polar surface area (TPSA) is 63.3 Å². The van der Waals surface area contributed by atoms with E-state index in [1.807, 2.05) is 56.4 Å². The molecule has 0 amide bonds. The van der Waals surface area contributed by atoms with Crippen molar-refractivity contribution < 1.29 is 34.6 Å². The van der Waals surface area contributed by atoms with E-state index in [4.69, 9.17) is 24.3 Å². The van der Waals surface area contributed by atoms with Crippen LogP contribution in [0.15, 0.2) is 72.9 Å². The standard InChI is InChI=1S/C42H40N4O3.Pd/c1-9-47-41-40(39-29(7)27(5)26(4)28(6)30(39)8)42(48-10-2)46(44-41)31-14-13-15-32(23-31)49-33-18-19-35-34-16-11-12-17-36(34)45(37(35)24-33)38-22-25(3)20-21-43-38;/h11-22H,9-10H2,1-8H3;/q-2;+2. The van der Waals surface area contributed by atoms with Gasteiger partial charge in [-0.1, -0.05) is 23.7 Å². The van der Waals surface area contributed by atoms with Gasteiger partial charge >= 0.3 is 20.4 Å². The molecule has 0 fully saturated rings. The Morgan fingerprint density at radius 3 is 2.10 bits per heavy atom. The smallest absolute Gasteiger partial charge is 0.509 e. The maximum Gasteiger partial charge on any atom is 2.00 e.